The molecule has 31 heavy (non-hydrogen) atoms. The van der Waals surface area contributed by atoms with E-state index in [0.29, 0.717) is 5.69 Å². The van der Waals surface area contributed by atoms with Gasteiger partial charge >= 0.3 is 12.2 Å². The lowest BCUT2D eigenvalue weighted by Crippen LogP contribution is -2.45. The average Bonchev–Trinajstić information content (AvgIpc) is 3.12. The van der Waals surface area contributed by atoms with Crippen LogP contribution in [-0.2, 0) is 19.6 Å². The Morgan fingerprint density at radius 2 is 1.71 bits per heavy atom. The molecule has 0 aromatic heterocycles. The Hall–Kier alpha value is -2.58. The van der Waals surface area contributed by atoms with Crippen molar-refractivity contribution < 1.29 is 18.0 Å². The molecule has 0 spiro atoms. The summed E-state index contributed by atoms with van der Waals surface area (Å²) >= 11 is 0. The number of benzene rings is 2. The van der Waals surface area contributed by atoms with E-state index in [-0.39, 0.29) is 25.2 Å². The molecule has 4 rings (SSSR count). The van der Waals surface area contributed by atoms with E-state index in [1.54, 1.807) is 12.1 Å². The van der Waals surface area contributed by atoms with Gasteiger partial charge in [0, 0.05) is 44.5 Å². The molecule has 1 fully saturated rings. The molecule has 0 unspecified atom stereocenters. The third kappa shape index (κ3) is 5.98. The number of halogens is 3. The second-order valence-electron chi connectivity index (χ2n) is 8.34. The molecular formula is C23H27F3N4O. The fraction of sp³-hybridized carbons (Fsp3) is 0.435. The summed E-state index contributed by atoms with van der Waals surface area (Å²) in [4.78, 5) is 16.3. The number of piperidine rings is 1. The third-order valence-corrected chi connectivity index (χ3v) is 5.87. The van der Waals surface area contributed by atoms with Gasteiger partial charge in [-0.3, -0.25) is 9.80 Å². The summed E-state index contributed by atoms with van der Waals surface area (Å²) in [6.45, 7) is 2.20. The van der Waals surface area contributed by atoms with Gasteiger partial charge in [-0.2, -0.15) is 13.2 Å². The topological polar surface area (TPSA) is 47.6 Å². The normalized spacial score (nSPS) is 18.0. The van der Waals surface area contributed by atoms with Crippen molar-refractivity contribution in [1.29, 1.82) is 0 Å². The molecule has 2 aliphatic rings. The first-order valence-electron chi connectivity index (χ1n) is 10.6. The Labute approximate surface area is 180 Å². The van der Waals surface area contributed by atoms with Crippen LogP contribution in [-0.4, -0.2) is 47.7 Å². The van der Waals surface area contributed by atoms with Gasteiger partial charge in [0.05, 0.1) is 6.54 Å². The number of anilines is 1. The molecule has 2 aliphatic heterocycles. The zero-order valence-corrected chi connectivity index (χ0v) is 17.3. The van der Waals surface area contributed by atoms with E-state index in [1.807, 2.05) is 24.3 Å². The number of nitrogens with one attached hydrogen (secondary N) is 2. The summed E-state index contributed by atoms with van der Waals surface area (Å²) in [6, 6.07) is 15.4. The molecule has 1 saturated heterocycles. The number of alkyl halides is 3. The van der Waals surface area contributed by atoms with Crippen molar-refractivity contribution in [2.45, 2.75) is 44.7 Å². The first kappa shape index (κ1) is 21.6. The van der Waals surface area contributed by atoms with Crippen molar-refractivity contribution in [3.8, 4) is 0 Å². The summed E-state index contributed by atoms with van der Waals surface area (Å²) < 4.78 is 38.2. The van der Waals surface area contributed by atoms with Gasteiger partial charge in [-0.05, 0) is 35.6 Å². The van der Waals surface area contributed by atoms with Crippen LogP contribution in [0.4, 0.5) is 23.7 Å². The SMILES string of the molecule is O=C(Nc1cccc2c1CN(CC(F)(F)F)C2)NC1CCN(Cc2ccccc2)CC1. The fourth-order valence-electron chi connectivity index (χ4n) is 4.39. The molecule has 5 nitrogen and oxygen atoms in total. The Kier molecular flexibility index (Phi) is 6.48. The lowest BCUT2D eigenvalue weighted by atomic mass is 10.0. The maximum Gasteiger partial charge on any atom is 0.401 e. The maximum atomic E-state index is 12.7. The van der Waals surface area contributed by atoms with Crippen molar-refractivity contribution in [2.75, 3.05) is 25.0 Å². The van der Waals surface area contributed by atoms with Gasteiger partial charge in [-0.1, -0.05) is 42.5 Å². The standard InChI is InChI=1S/C23H27F3N4O/c24-23(25,26)16-30-14-18-7-4-8-21(20(18)15-30)28-22(31)27-19-9-11-29(12-10-19)13-17-5-2-1-3-6-17/h1-8,19H,9-16H2,(H2,27,28,31). The summed E-state index contributed by atoms with van der Waals surface area (Å²) in [5.74, 6) is 0. The highest BCUT2D eigenvalue weighted by Gasteiger charge is 2.34. The van der Waals surface area contributed by atoms with Crippen molar-refractivity contribution in [2.24, 2.45) is 0 Å². The minimum Gasteiger partial charge on any atom is -0.335 e. The minimum atomic E-state index is -4.23. The number of amides is 2. The molecule has 0 radical (unpaired) electrons. The van der Waals surface area contributed by atoms with Crippen LogP contribution in [0.25, 0.3) is 0 Å². The van der Waals surface area contributed by atoms with E-state index < -0.39 is 12.7 Å². The minimum absolute atomic E-state index is 0.0884. The molecular weight excluding hydrogens is 405 g/mol. The van der Waals surface area contributed by atoms with E-state index in [1.165, 1.54) is 10.5 Å². The highest BCUT2D eigenvalue weighted by atomic mass is 19.4. The number of likely N-dealkylation sites (tertiary alicyclic amines) is 1. The number of hydrogen-bond donors (Lipinski definition) is 2. The predicted molar refractivity (Wildman–Crippen MR) is 114 cm³/mol. The fourth-order valence-corrected chi connectivity index (χ4v) is 4.39. The molecule has 0 saturated carbocycles. The zero-order valence-electron chi connectivity index (χ0n) is 17.3. The van der Waals surface area contributed by atoms with Crippen LogP contribution in [0.15, 0.2) is 48.5 Å². The van der Waals surface area contributed by atoms with Gasteiger partial charge in [0.1, 0.15) is 0 Å². The monoisotopic (exact) mass is 432 g/mol. The molecule has 0 aliphatic carbocycles. The molecule has 2 heterocycles. The number of urea groups is 1. The highest BCUT2D eigenvalue weighted by Crippen LogP contribution is 2.31. The quantitative estimate of drug-likeness (QED) is 0.739. The van der Waals surface area contributed by atoms with Crippen molar-refractivity contribution in [1.82, 2.24) is 15.1 Å². The van der Waals surface area contributed by atoms with Crippen LogP contribution in [0.2, 0.25) is 0 Å². The number of carbonyl (C=O) groups is 1. The van der Waals surface area contributed by atoms with E-state index in [9.17, 15) is 18.0 Å². The van der Waals surface area contributed by atoms with Crippen LogP contribution >= 0.6 is 0 Å². The smallest absolute Gasteiger partial charge is 0.335 e. The number of nitrogens with zero attached hydrogens (tertiary/aromatic N) is 2. The Balaban J connectivity index is 1.27. The first-order valence-corrected chi connectivity index (χ1v) is 10.6. The average molecular weight is 432 g/mol. The van der Waals surface area contributed by atoms with Gasteiger partial charge in [-0.15, -0.1) is 0 Å². The Morgan fingerprint density at radius 1 is 0.968 bits per heavy atom. The largest absolute Gasteiger partial charge is 0.401 e. The molecule has 0 bridgehead atoms. The van der Waals surface area contributed by atoms with Crippen LogP contribution in [0.5, 0.6) is 0 Å². The van der Waals surface area contributed by atoms with E-state index in [2.05, 4.69) is 27.7 Å². The van der Waals surface area contributed by atoms with Gasteiger partial charge in [0.2, 0.25) is 0 Å². The Bertz CT molecular complexity index is 895. The Morgan fingerprint density at radius 3 is 2.42 bits per heavy atom. The molecule has 166 valence electrons. The third-order valence-electron chi connectivity index (χ3n) is 5.87. The van der Waals surface area contributed by atoms with Crippen LogP contribution in [0, 0.1) is 0 Å². The summed E-state index contributed by atoms with van der Waals surface area (Å²) in [7, 11) is 0. The lowest BCUT2D eigenvalue weighted by Gasteiger charge is -2.32. The number of carbonyl (C=O) groups excluding carboxylic acids is 1. The summed E-state index contributed by atoms with van der Waals surface area (Å²) in [5, 5.41) is 5.87. The van der Waals surface area contributed by atoms with Crippen LogP contribution in [0.1, 0.15) is 29.5 Å². The molecule has 2 N–H and O–H groups in total. The lowest BCUT2D eigenvalue weighted by molar-refractivity contribution is -0.146. The van der Waals surface area contributed by atoms with E-state index >= 15 is 0 Å². The van der Waals surface area contributed by atoms with Gasteiger partial charge in [-0.25, -0.2) is 4.79 Å². The van der Waals surface area contributed by atoms with Gasteiger partial charge in [0.25, 0.3) is 0 Å². The van der Waals surface area contributed by atoms with Crippen molar-refractivity contribution >= 4 is 11.7 Å². The molecule has 0 atom stereocenters. The molecule has 2 amide bonds. The highest BCUT2D eigenvalue weighted by molar-refractivity contribution is 5.90. The second kappa shape index (κ2) is 9.28. The van der Waals surface area contributed by atoms with Gasteiger partial charge in [0.15, 0.2) is 0 Å². The maximum absolute atomic E-state index is 12.7. The van der Waals surface area contributed by atoms with Crippen molar-refractivity contribution in [3.05, 3.63) is 65.2 Å². The van der Waals surface area contributed by atoms with Crippen LogP contribution in [0.3, 0.4) is 0 Å². The number of fused-ring (bicyclic) bond motifs is 1. The molecule has 2 aromatic carbocycles. The van der Waals surface area contributed by atoms with E-state index in [4.69, 9.17) is 0 Å². The predicted octanol–water partition coefficient (Wildman–Crippen LogP) is 4.35. The first-order chi connectivity index (χ1) is 14.9. The van der Waals surface area contributed by atoms with E-state index in [0.717, 1.165) is 43.6 Å². The number of hydrogen-bond acceptors (Lipinski definition) is 3. The van der Waals surface area contributed by atoms with Gasteiger partial charge < -0.3 is 10.6 Å². The second-order valence-corrected chi connectivity index (χ2v) is 8.34. The number of rotatable bonds is 5. The molecule has 2 aromatic rings. The molecule has 8 heteroatoms. The van der Waals surface area contributed by atoms with Crippen molar-refractivity contribution in [3.63, 3.8) is 0 Å². The summed E-state index contributed by atoms with van der Waals surface area (Å²) in [6.07, 6.45) is -2.50. The summed E-state index contributed by atoms with van der Waals surface area (Å²) in [5.41, 5.74) is 3.46. The van der Waals surface area contributed by atoms with Crippen LogP contribution < -0.4 is 10.6 Å². The zero-order chi connectivity index (χ0) is 21.8.